The Bertz CT molecular complexity index is 683. The highest BCUT2D eigenvalue weighted by Gasteiger charge is 2.11. The number of hydrogen-bond acceptors (Lipinski definition) is 4. The topological polar surface area (TPSA) is 101 Å². The molecular formula is C15H15N3O3S. The Morgan fingerprint density at radius 2 is 1.86 bits per heavy atom. The lowest BCUT2D eigenvalue weighted by molar-refractivity contribution is -0.116. The summed E-state index contributed by atoms with van der Waals surface area (Å²) in [5.74, 6) is -1.12. The summed E-state index contributed by atoms with van der Waals surface area (Å²) in [7, 11) is 0. The van der Waals surface area contributed by atoms with Gasteiger partial charge in [0, 0.05) is 13.0 Å². The normalized spacial score (nSPS) is 10.0. The minimum absolute atomic E-state index is 0.101. The monoisotopic (exact) mass is 317 g/mol. The van der Waals surface area contributed by atoms with Crippen LogP contribution in [0.3, 0.4) is 0 Å². The summed E-state index contributed by atoms with van der Waals surface area (Å²) in [5.41, 5.74) is 5.85. The second-order valence-electron chi connectivity index (χ2n) is 4.44. The van der Waals surface area contributed by atoms with Crippen molar-refractivity contribution in [3.63, 3.8) is 0 Å². The molecule has 0 aliphatic carbocycles. The summed E-state index contributed by atoms with van der Waals surface area (Å²) in [6.07, 6.45) is 0.101. The van der Waals surface area contributed by atoms with Crippen molar-refractivity contribution in [1.29, 1.82) is 0 Å². The lowest BCUT2D eigenvalue weighted by Crippen LogP contribution is -2.27. The predicted molar refractivity (Wildman–Crippen MR) is 84.9 cm³/mol. The maximum atomic E-state index is 11.8. The predicted octanol–water partition coefficient (Wildman–Crippen LogP) is 1.61. The number of rotatable bonds is 6. The number of carbonyl (C=O) groups is 3. The van der Waals surface area contributed by atoms with Crippen LogP contribution in [0.25, 0.3) is 0 Å². The van der Waals surface area contributed by atoms with Gasteiger partial charge in [-0.25, -0.2) is 0 Å². The number of hydrogen-bond donors (Lipinski definition) is 3. The van der Waals surface area contributed by atoms with Crippen LogP contribution in [0.4, 0.5) is 5.69 Å². The molecule has 0 fully saturated rings. The molecule has 1 heterocycles. The number of nitrogens with one attached hydrogen (secondary N) is 2. The number of para-hydroxylation sites is 1. The van der Waals surface area contributed by atoms with Gasteiger partial charge in [0.15, 0.2) is 0 Å². The van der Waals surface area contributed by atoms with E-state index in [0.717, 1.165) is 0 Å². The fourth-order valence-corrected chi connectivity index (χ4v) is 2.44. The smallest absolute Gasteiger partial charge is 0.261 e. The molecule has 0 unspecified atom stereocenters. The van der Waals surface area contributed by atoms with Crippen molar-refractivity contribution in [3.05, 3.63) is 52.2 Å². The molecule has 0 radical (unpaired) electrons. The molecule has 0 saturated heterocycles. The molecule has 0 aliphatic rings. The van der Waals surface area contributed by atoms with E-state index in [-0.39, 0.29) is 30.3 Å². The number of carbonyl (C=O) groups excluding carboxylic acids is 3. The molecule has 0 atom stereocenters. The summed E-state index contributed by atoms with van der Waals surface area (Å²) in [4.78, 5) is 35.4. The molecule has 22 heavy (non-hydrogen) atoms. The fourth-order valence-electron chi connectivity index (χ4n) is 1.80. The number of anilines is 1. The van der Waals surface area contributed by atoms with Gasteiger partial charge in [-0.05, 0) is 23.6 Å². The lowest BCUT2D eigenvalue weighted by atomic mass is 10.1. The summed E-state index contributed by atoms with van der Waals surface area (Å²) < 4.78 is 0. The number of benzene rings is 1. The van der Waals surface area contributed by atoms with Crippen molar-refractivity contribution in [2.75, 3.05) is 11.9 Å². The van der Waals surface area contributed by atoms with Crippen LogP contribution in [-0.2, 0) is 4.79 Å². The quantitative estimate of drug-likeness (QED) is 0.754. The van der Waals surface area contributed by atoms with E-state index in [0.29, 0.717) is 10.6 Å². The highest BCUT2D eigenvalue weighted by atomic mass is 32.1. The second kappa shape index (κ2) is 7.37. The molecule has 1 aromatic heterocycles. The Morgan fingerprint density at radius 3 is 2.55 bits per heavy atom. The highest BCUT2D eigenvalue weighted by molar-refractivity contribution is 7.12. The Labute approximate surface area is 131 Å². The minimum Gasteiger partial charge on any atom is -0.366 e. The van der Waals surface area contributed by atoms with Gasteiger partial charge in [-0.1, -0.05) is 18.2 Å². The second-order valence-corrected chi connectivity index (χ2v) is 5.39. The average molecular weight is 317 g/mol. The Morgan fingerprint density at radius 1 is 1.09 bits per heavy atom. The molecule has 4 N–H and O–H groups in total. The molecule has 7 heteroatoms. The maximum absolute atomic E-state index is 11.8. The van der Waals surface area contributed by atoms with E-state index in [9.17, 15) is 14.4 Å². The van der Waals surface area contributed by atoms with Crippen molar-refractivity contribution >= 4 is 34.7 Å². The van der Waals surface area contributed by atoms with Gasteiger partial charge in [-0.2, -0.15) is 0 Å². The molecule has 3 amide bonds. The largest absolute Gasteiger partial charge is 0.366 e. The molecule has 0 spiro atoms. The molecule has 2 rings (SSSR count). The third kappa shape index (κ3) is 4.16. The maximum Gasteiger partial charge on any atom is 0.261 e. The van der Waals surface area contributed by atoms with E-state index < -0.39 is 5.91 Å². The minimum atomic E-state index is -0.609. The van der Waals surface area contributed by atoms with Gasteiger partial charge in [-0.3, -0.25) is 14.4 Å². The zero-order valence-corrected chi connectivity index (χ0v) is 12.5. The first-order valence-electron chi connectivity index (χ1n) is 6.58. The van der Waals surface area contributed by atoms with E-state index in [2.05, 4.69) is 10.6 Å². The third-order valence-corrected chi connectivity index (χ3v) is 3.72. The van der Waals surface area contributed by atoms with Crippen LogP contribution >= 0.6 is 11.3 Å². The number of amides is 3. The van der Waals surface area contributed by atoms with Crippen LogP contribution in [0.5, 0.6) is 0 Å². The van der Waals surface area contributed by atoms with Crippen LogP contribution in [0.15, 0.2) is 41.8 Å². The van der Waals surface area contributed by atoms with Gasteiger partial charge in [-0.15, -0.1) is 11.3 Å². The molecular weight excluding hydrogens is 302 g/mol. The van der Waals surface area contributed by atoms with Gasteiger partial charge < -0.3 is 16.4 Å². The van der Waals surface area contributed by atoms with E-state index in [1.807, 2.05) is 5.38 Å². The van der Waals surface area contributed by atoms with Crippen molar-refractivity contribution in [3.8, 4) is 0 Å². The lowest BCUT2D eigenvalue weighted by Gasteiger charge is -2.09. The van der Waals surface area contributed by atoms with Gasteiger partial charge in [0.2, 0.25) is 5.91 Å². The van der Waals surface area contributed by atoms with E-state index in [1.54, 1.807) is 30.3 Å². The first-order valence-corrected chi connectivity index (χ1v) is 7.46. The van der Waals surface area contributed by atoms with E-state index >= 15 is 0 Å². The van der Waals surface area contributed by atoms with Crippen LogP contribution in [0, 0.1) is 0 Å². The van der Waals surface area contributed by atoms with E-state index in [4.69, 9.17) is 5.73 Å². The standard InChI is InChI=1S/C15H15N3O3S/c16-14(20)10-4-1-2-5-11(10)18-13(19)7-8-17-15(21)12-6-3-9-22-12/h1-6,9H,7-8H2,(H2,16,20)(H,17,21)(H,18,19). The molecule has 0 bridgehead atoms. The molecule has 6 nitrogen and oxygen atoms in total. The van der Waals surface area contributed by atoms with Crippen LogP contribution in [0.2, 0.25) is 0 Å². The van der Waals surface area contributed by atoms with Crippen LogP contribution < -0.4 is 16.4 Å². The van der Waals surface area contributed by atoms with E-state index in [1.165, 1.54) is 17.4 Å². The molecule has 1 aromatic carbocycles. The summed E-state index contributed by atoms with van der Waals surface area (Å²) in [5, 5.41) is 7.08. The summed E-state index contributed by atoms with van der Waals surface area (Å²) >= 11 is 1.33. The Balaban J connectivity index is 1.84. The Kier molecular flexibility index (Phi) is 5.26. The third-order valence-electron chi connectivity index (χ3n) is 2.85. The summed E-state index contributed by atoms with van der Waals surface area (Å²) in [6.45, 7) is 0.210. The molecule has 114 valence electrons. The van der Waals surface area contributed by atoms with Gasteiger partial charge >= 0.3 is 0 Å². The average Bonchev–Trinajstić information content (AvgIpc) is 3.01. The highest BCUT2D eigenvalue weighted by Crippen LogP contribution is 2.14. The number of nitrogens with two attached hydrogens (primary N) is 1. The SMILES string of the molecule is NC(=O)c1ccccc1NC(=O)CCNC(=O)c1cccs1. The van der Waals surface area contributed by atoms with Crippen molar-refractivity contribution in [2.45, 2.75) is 6.42 Å². The zero-order valence-electron chi connectivity index (χ0n) is 11.7. The fraction of sp³-hybridized carbons (Fsp3) is 0.133. The molecule has 0 aliphatic heterocycles. The molecule has 0 saturated carbocycles. The first kappa shape index (κ1) is 15.7. The van der Waals surface area contributed by atoms with Crippen molar-refractivity contribution in [2.24, 2.45) is 5.73 Å². The number of thiophene rings is 1. The van der Waals surface area contributed by atoms with Crippen molar-refractivity contribution in [1.82, 2.24) is 5.32 Å². The summed E-state index contributed by atoms with van der Waals surface area (Å²) in [6, 6.07) is 9.99. The van der Waals surface area contributed by atoms with Gasteiger partial charge in [0.1, 0.15) is 0 Å². The number of primary amides is 1. The van der Waals surface area contributed by atoms with Crippen LogP contribution in [-0.4, -0.2) is 24.3 Å². The zero-order chi connectivity index (χ0) is 15.9. The van der Waals surface area contributed by atoms with Gasteiger partial charge in [0.05, 0.1) is 16.1 Å². The van der Waals surface area contributed by atoms with Crippen molar-refractivity contribution < 1.29 is 14.4 Å². The van der Waals surface area contributed by atoms with Crippen LogP contribution in [0.1, 0.15) is 26.5 Å². The van der Waals surface area contributed by atoms with Gasteiger partial charge in [0.25, 0.3) is 11.8 Å². The Hall–Kier alpha value is -2.67. The molecule has 2 aromatic rings. The first-order chi connectivity index (χ1) is 10.6.